The van der Waals surface area contributed by atoms with Gasteiger partial charge in [0.05, 0.1) is 6.54 Å². The molecule has 0 atom stereocenters. The molecule has 3 amide bonds. The van der Waals surface area contributed by atoms with Crippen LogP contribution in [0.2, 0.25) is 0 Å². The summed E-state index contributed by atoms with van der Waals surface area (Å²) in [6.07, 6.45) is 0. The summed E-state index contributed by atoms with van der Waals surface area (Å²) in [6, 6.07) is 6.25. The molecular weight excluding hydrogens is 268 g/mol. The Morgan fingerprint density at radius 1 is 1.26 bits per heavy atom. The molecule has 19 heavy (non-hydrogen) atoms. The van der Waals surface area contributed by atoms with E-state index in [4.69, 9.17) is 5.39 Å². The molecule has 100 valence electrons. The van der Waals surface area contributed by atoms with Gasteiger partial charge in [0, 0.05) is 12.1 Å². The highest BCUT2D eigenvalue weighted by molar-refractivity contribution is 6.06. The first kappa shape index (κ1) is 14.9. The van der Waals surface area contributed by atoms with Crippen molar-refractivity contribution in [3.05, 3.63) is 34.8 Å². The lowest BCUT2D eigenvalue weighted by Gasteiger charge is -2.15. The molecule has 0 bridgehead atoms. The highest BCUT2D eigenvalue weighted by Crippen LogP contribution is 2.20. The quantitative estimate of drug-likeness (QED) is 0.558. The Hall–Kier alpha value is -2.13. The molecule has 0 aliphatic carbocycles. The second-order valence-electron chi connectivity index (χ2n) is 4.71. The average molecular weight is 281 g/mol. The zero-order valence-electron chi connectivity index (χ0n) is 10.6. The van der Waals surface area contributed by atoms with Gasteiger partial charge in [-0.25, -0.2) is 4.79 Å². The van der Waals surface area contributed by atoms with E-state index in [9.17, 15) is 9.59 Å². The van der Waals surface area contributed by atoms with Crippen LogP contribution in [-0.4, -0.2) is 22.4 Å². The molecule has 0 unspecified atom stereocenters. The fourth-order valence-corrected chi connectivity index (χ4v) is 1.81. The van der Waals surface area contributed by atoms with Gasteiger partial charge in [0.15, 0.2) is 4.98 Å². The van der Waals surface area contributed by atoms with Crippen LogP contribution in [0, 0.1) is 5.39 Å². The number of nitrogens with zero attached hydrogens (tertiary/aromatic N) is 3. The lowest BCUT2D eigenvalue weighted by atomic mass is 10.1. The Bertz CT molecular complexity index is 548. The van der Waals surface area contributed by atoms with Gasteiger partial charge < -0.3 is 17.7 Å². The maximum absolute atomic E-state index is 11.9. The summed E-state index contributed by atoms with van der Waals surface area (Å²) in [5.41, 5.74) is 0.372. The van der Waals surface area contributed by atoms with E-state index in [0.29, 0.717) is 5.69 Å². The number of diazo groups is 1. The van der Waals surface area contributed by atoms with Crippen molar-refractivity contribution in [2.24, 2.45) is 0 Å². The van der Waals surface area contributed by atoms with E-state index in [1.165, 1.54) is 4.90 Å². The van der Waals surface area contributed by atoms with Crippen molar-refractivity contribution in [2.75, 3.05) is 0 Å². The predicted molar refractivity (Wildman–Crippen MR) is 64.3 cm³/mol. The van der Waals surface area contributed by atoms with Crippen LogP contribution in [0.4, 0.5) is 10.5 Å². The maximum Gasteiger partial charge on any atom is 0.385 e. The SMILES string of the molecule is CC1(C)NC(=O)N(Cc2ccc([N+]#N)cc2)C1=O.[Cl-]. The Morgan fingerprint density at radius 3 is 2.26 bits per heavy atom. The van der Waals surface area contributed by atoms with Crippen molar-refractivity contribution >= 4 is 17.6 Å². The standard InChI is InChI=1S/C12H12N4O2.ClH/c1-12(2)10(17)16(11(18)14-12)7-8-3-5-9(15-13)6-4-8;/h3-6H,7H2,1-2H3;1H. The summed E-state index contributed by atoms with van der Waals surface area (Å²) in [4.78, 5) is 27.8. The average Bonchev–Trinajstić information content (AvgIpc) is 2.52. The van der Waals surface area contributed by atoms with Crippen LogP contribution in [-0.2, 0) is 11.3 Å². The number of imide groups is 1. The number of benzene rings is 1. The molecule has 6 nitrogen and oxygen atoms in total. The van der Waals surface area contributed by atoms with Crippen molar-refractivity contribution in [1.82, 2.24) is 10.2 Å². The molecule has 1 aliphatic heterocycles. The summed E-state index contributed by atoms with van der Waals surface area (Å²) in [5.74, 6) is -0.247. The number of carbonyl (C=O) groups excluding carboxylic acids is 2. The van der Waals surface area contributed by atoms with Crippen LogP contribution in [0.15, 0.2) is 24.3 Å². The molecule has 0 saturated carbocycles. The summed E-state index contributed by atoms with van der Waals surface area (Å²) < 4.78 is 0. The second kappa shape index (κ2) is 5.24. The molecule has 0 aromatic heterocycles. The highest BCUT2D eigenvalue weighted by Gasteiger charge is 2.43. The molecule has 1 saturated heterocycles. The third-order valence-corrected chi connectivity index (χ3v) is 2.84. The molecule has 1 N–H and O–H groups in total. The van der Waals surface area contributed by atoms with Crippen molar-refractivity contribution in [3.8, 4) is 0 Å². The lowest BCUT2D eigenvalue weighted by Crippen LogP contribution is -3.00. The first-order valence-electron chi connectivity index (χ1n) is 5.52. The van der Waals surface area contributed by atoms with Gasteiger partial charge in [-0.2, -0.15) is 0 Å². The highest BCUT2D eigenvalue weighted by atomic mass is 35.5. The van der Waals surface area contributed by atoms with E-state index >= 15 is 0 Å². The van der Waals surface area contributed by atoms with Crippen LogP contribution < -0.4 is 17.7 Å². The Labute approximate surface area is 116 Å². The van der Waals surface area contributed by atoms with Gasteiger partial charge in [-0.05, 0) is 31.5 Å². The molecule has 1 aliphatic rings. The maximum atomic E-state index is 11.9. The minimum atomic E-state index is -0.850. The van der Waals surface area contributed by atoms with Crippen LogP contribution in [0.5, 0.6) is 0 Å². The largest absolute Gasteiger partial charge is 1.00 e. The molecule has 1 heterocycles. The zero-order chi connectivity index (χ0) is 13.3. The van der Waals surface area contributed by atoms with Crippen LogP contribution >= 0.6 is 0 Å². The first-order valence-corrected chi connectivity index (χ1v) is 5.52. The summed E-state index contributed by atoms with van der Waals surface area (Å²) >= 11 is 0. The monoisotopic (exact) mass is 280 g/mol. The van der Waals surface area contributed by atoms with Gasteiger partial charge in [0.25, 0.3) is 5.91 Å². The summed E-state index contributed by atoms with van der Waals surface area (Å²) in [7, 11) is 0. The normalized spacial score (nSPS) is 16.6. The number of hydrogen-bond acceptors (Lipinski definition) is 3. The van der Waals surface area contributed by atoms with E-state index < -0.39 is 5.54 Å². The molecule has 7 heteroatoms. The first-order chi connectivity index (χ1) is 8.44. The minimum absolute atomic E-state index is 0. The molecule has 1 aromatic carbocycles. The summed E-state index contributed by atoms with van der Waals surface area (Å²) in [5, 5.41) is 11.2. The van der Waals surface area contributed by atoms with Crippen molar-refractivity contribution in [3.63, 3.8) is 0 Å². The van der Waals surface area contributed by atoms with Crippen molar-refractivity contribution in [2.45, 2.75) is 25.9 Å². The summed E-state index contributed by atoms with van der Waals surface area (Å²) in [6.45, 7) is 3.54. The fraction of sp³-hybridized carbons (Fsp3) is 0.333. The van der Waals surface area contributed by atoms with Gasteiger partial charge in [0.2, 0.25) is 5.39 Å². The minimum Gasteiger partial charge on any atom is -1.00 e. The third kappa shape index (κ3) is 2.83. The molecule has 1 aromatic rings. The molecule has 0 radical (unpaired) electrons. The molecular formula is C12H13ClN4O2. The molecule has 0 spiro atoms. The number of urea groups is 1. The molecule has 2 rings (SSSR count). The van der Waals surface area contributed by atoms with Crippen LogP contribution in [0.3, 0.4) is 0 Å². The topological polar surface area (TPSA) is 77.6 Å². The number of rotatable bonds is 2. The van der Waals surface area contributed by atoms with Crippen molar-refractivity contribution in [1.29, 1.82) is 5.39 Å². The van der Waals surface area contributed by atoms with Gasteiger partial charge >= 0.3 is 11.7 Å². The van der Waals surface area contributed by atoms with Crippen LogP contribution in [0.25, 0.3) is 4.98 Å². The van der Waals surface area contributed by atoms with Gasteiger partial charge in [-0.15, -0.1) is 0 Å². The van der Waals surface area contributed by atoms with E-state index in [1.807, 2.05) is 0 Å². The van der Waals surface area contributed by atoms with Crippen molar-refractivity contribution < 1.29 is 22.0 Å². The van der Waals surface area contributed by atoms with Gasteiger partial charge in [0.1, 0.15) is 5.54 Å². The Balaban J connectivity index is 0.00000180. The third-order valence-electron chi connectivity index (χ3n) is 2.84. The van der Waals surface area contributed by atoms with E-state index in [1.54, 1.807) is 38.1 Å². The number of halogens is 1. The Morgan fingerprint density at radius 2 is 1.84 bits per heavy atom. The van der Waals surface area contributed by atoms with E-state index in [0.717, 1.165) is 5.56 Å². The predicted octanol–water partition coefficient (Wildman–Crippen LogP) is -0.994. The number of nitrogens with one attached hydrogen (secondary N) is 1. The molecule has 1 fully saturated rings. The van der Waals surface area contributed by atoms with Crippen LogP contribution in [0.1, 0.15) is 19.4 Å². The number of amides is 3. The number of carbonyl (C=O) groups is 2. The number of hydrogen-bond donors (Lipinski definition) is 1. The Kier molecular flexibility index (Phi) is 4.12. The zero-order valence-corrected chi connectivity index (χ0v) is 11.3. The van der Waals surface area contributed by atoms with E-state index in [-0.39, 0.29) is 30.9 Å². The van der Waals surface area contributed by atoms with Gasteiger partial charge in [-0.1, -0.05) is 0 Å². The lowest BCUT2D eigenvalue weighted by molar-refractivity contribution is -0.130. The smallest absolute Gasteiger partial charge is 0.385 e. The fourth-order valence-electron chi connectivity index (χ4n) is 1.81. The van der Waals surface area contributed by atoms with E-state index in [2.05, 4.69) is 10.3 Å². The van der Waals surface area contributed by atoms with Gasteiger partial charge in [-0.3, -0.25) is 9.69 Å². The second-order valence-corrected chi connectivity index (χ2v) is 4.71.